The first-order valence-corrected chi connectivity index (χ1v) is 12.2. The highest BCUT2D eigenvalue weighted by Crippen LogP contribution is 2.30. The molecule has 1 aliphatic rings. The minimum atomic E-state index is -3.39. The molecule has 0 radical (unpaired) electrons. The molecule has 0 spiro atoms. The van der Waals surface area contributed by atoms with Crippen molar-refractivity contribution in [1.29, 1.82) is 0 Å². The van der Waals surface area contributed by atoms with Crippen LogP contribution in [0.1, 0.15) is 38.4 Å². The summed E-state index contributed by atoms with van der Waals surface area (Å²) in [4.78, 5) is 39.4. The molecule has 0 aliphatic carbocycles. The summed E-state index contributed by atoms with van der Waals surface area (Å²) in [7, 11) is -3.39. The lowest BCUT2D eigenvalue weighted by molar-refractivity contribution is 0.0474. The van der Waals surface area contributed by atoms with E-state index in [2.05, 4.69) is 4.98 Å². The number of hydrogen-bond acceptors (Lipinski definition) is 6. The Morgan fingerprint density at radius 3 is 2.42 bits per heavy atom. The highest BCUT2D eigenvalue weighted by Gasteiger charge is 2.25. The molecule has 0 bridgehead atoms. The number of anilines is 1. The van der Waals surface area contributed by atoms with Crippen molar-refractivity contribution in [1.82, 2.24) is 9.55 Å². The van der Waals surface area contributed by atoms with Gasteiger partial charge in [-0.05, 0) is 67.8 Å². The predicted molar refractivity (Wildman–Crippen MR) is 123 cm³/mol. The topological polar surface area (TPSA) is 119 Å². The normalized spacial score (nSPS) is 13.5. The lowest BCUT2D eigenvalue weighted by Crippen LogP contribution is -2.34. The van der Waals surface area contributed by atoms with Gasteiger partial charge in [-0.3, -0.25) is 13.7 Å². The molecule has 1 aliphatic heterocycles. The van der Waals surface area contributed by atoms with Gasteiger partial charge in [0, 0.05) is 24.0 Å². The number of benzene rings is 2. The number of ether oxygens (including phenoxy) is 1. The Hall–Kier alpha value is -3.66. The fourth-order valence-electron chi connectivity index (χ4n) is 3.90. The summed E-state index contributed by atoms with van der Waals surface area (Å²) in [5, 5.41) is 0. The molecule has 3 aromatic rings. The van der Waals surface area contributed by atoms with Gasteiger partial charge in [0.25, 0.3) is 0 Å². The van der Waals surface area contributed by atoms with Crippen LogP contribution < -0.4 is 9.99 Å². The van der Waals surface area contributed by atoms with Crippen LogP contribution in [-0.4, -0.2) is 49.1 Å². The molecule has 0 fully saturated rings. The number of fused-ring (bicyclic) bond motifs is 1. The van der Waals surface area contributed by atoms with Crippen molar-refractivity contribution in [3.63, 3.8) is 0 Å². The van der Waals surface area contributed by atoms with Gasteiger partial charge in [-0.1, -0.05) is 0 Å². The van der Waals surface area contributed by atoms with Gasteiger partial charge in [-0.15, -0.1) is 0 Å². The molecule has 10 heteroatoms. The van der Waals surface area contributed by atoms with Crippen molar-refractivity contribution in [3.8, 4) is 5.69 Å². The smallest absolute Gasteiger partial charge is 0.338 e. The van der Waals surface area contributed by atoms with E-state index in [1.54, 1.807) is 43.5 Å². The molecular formula is C23H23N3O6S. The molecule has 2 heterocycles. The van der Waals surface area contributed by atoms with Crippen LogP contribution in [0.5, 0.6) is 0 Å². The van der Waals surface area contributed by atoms with E-state index in [0.29, 0.717) is 36.3 Å². The number of carbonyl (C=O) groups excluding carboxylic acids is 2. The van der Waals surface area contributed by atoms with Gasteiger partial charge in [0.05, 0.1) is 23.2 Å². The van der Waals surface area contributed by atoms with Crippen molar-refractivity contribution in [2.45, 2.75) is 19.8 Å². The fourth-order valence-corrected chi connectivity index (χ4v) is 4.90. The van der Waals surface area contributed by atoms with Crippen LogP contribution in [0, 0.1) is 6.92 Å². The minimum absolute atomic E-state index is 0.252. The van der Waals surface area contributed by atoms with Crippen LogP contribution in [0.15, 0.2) is 53.5 Å². The number of hydrogen-bond donors (Lipinski definition) is 1. The second-order valence-corrected chi connectivity index (χ2v) is 9.81. The molecular weight excluding hydrogens is 446 g/mol. The van der Waals surface area contributed by atoms with Gasteiger partial charge in [0.15, 0.2) is 12.4 Å². The number of rotatable bonds is 6. The number of nitrogens with one attached hydrogen (secondary N) is 1. The third kappa shape index (κ3) is 4.61. The lowest BCUT2D eigenvalue weighted by Gasteiger charge is -2.29. The Morgan fingerprint density at radius 1 is 1.09 bits per heavy atom. The Balaban J connectivity index is 1.43. The summed E-state index contributed by atoms with van der Waals surface area (Å²) in [6, 6.07) is 11.1. The standard InChI is InChI=1S/C23H23N3O6S/c1-15-13-24-23(29)26(15)19-8-5-16(6-9-19)22(28)32-14-21(27)18-7-10-20-17(12-18)4-3-11-25(20)33(2,30)31/h5-10,12-13H,3-4,11,14H2,1-2H3,(H,24,29). The number of carbonyl (C=O) groups is 2. The molecule has 2 aromatic carbocycles. The number of imidazole rings is 1. The van der Waals surface area contributed by atoms with Crippen LogP contribution in [0.25, 0.3) is 5.69 Å². The van der Waals surface area contributed by atoms with E-state index >= 15 is 0 Å². The van der Waals surface area contributed by atoms with E-state index in [1.807, 2.05) is 0 Å². The average Bonchev–Trinajstić information content (AvgIpc) is 3.13. The molecule has 0 unspecified atom stereocenters. The van der Waals surface area contributed by atoms with E-state index < -0.39 is 22.6 Å². The second-order valence-electron chi connectivity index (χ2n) is 7.90. The van der Waals surface area contributed by atoms with Gasteiger partial charge in [-0.25, -0.2) is 18.0 Å². The van der Waals surface area contributed by atoms with E-state index in [4.69, 9.17) is 4.74 Å². The van der Waals surface area contributed by atoms with E-state index in [1.165, 1.54) is 21.0 Å². The van der Waals surface area contributed by atoms with Crippen LogP contribution in [0.4, 0.5) is 5.69 Å². The second kappa shape index (κ2) is 8.70. The number of esters is 1. The first-order chi connectivity index (χ1) is 15.6. The average molecular weight is 470 g/mol. The lowest BCUT2D eigenvalue weighted by atomic mass is 9.99. The summed E-state index contributed by atoms with van der Waals surface area (Å²) < 4.78 is 32.0. The molecule has 0 amide bonds. The largest absolute Gasteiger partial charge is 0.454 e. The minimum Gasteiger partial charge on any atom is -0.454 e. The van der Waals surface area contributed by atoms with Crippen LogP contribution in [-0.2, 0) is 21.2 Å². The monoisotopic (exact) mass is 469 g/mol. The first-order valence-electron chi connectivity index (χ1n) is 10.3. The van der Waals surface area contributed by atoms with Crippen molar-refractivity contribution >= 4 is 27.5 Å². The number of aromatic nitrogens is 2. The molecule has 0 atom stereocenters. The summed E-state index contributed by atoms with van der Waals surface area (Å²) in [5.41, 5.74) is 3.01. The van der Waals surface area contributed by atoms with Crippen molar-refractivity contribution in [2.24, 2.45) is 0 Å². The van der Waals surface area contributed by atoms with Crippen molar-refractivity contribution < 1.29 is 22.7 Å². The maximum Gasteiger partial charge on any atom is 0.338 e. The van der Waals surface area contributed by atoms with Gasteiger partial charge >= 0.3 is 11.7 Å². The van der Waals surface area contributed by atoms with Crippen molar-refractivity contribution in [2.75, 3.05) is 23.7 Å². The Bertz CT molecular complexity index is 1390. The van der Waals surface area contributed by atoms with Crippen LogP contribution in [0.3, 0.4) is 0 Å². The molecule has 4 rings (SSSR count). The Morgan fingerprint density at radius 2 is 1.79 bits per heavy atom. The highest BCUT2D eigenvalue weighted by atomic mass is 32.2. The molecule has 172 valence electrons. The zero-order chi connectivity index (χ0) is 23.8. The molecule has 0 saturated heterocycles. The quantitative estimate of drug-likeness (QED) is 0.437. The number of H-pyrrole nitrogens is 1. The maximum absolute atomic E-state index is 12.6. The molecule has 9 nitrogen and oxygen atoms in total. The van der Waals surface area contributed by atoms with Gasteiger partial charge in [0.2, 0.25) is 10.0 Å². The fraction of sp³-hybridized carbons (Fsp3) is 0.261. The number of aromatic amines is 1. The zero-order valence-electron chi connectivity index (χ0n) is 18.2. The number of sulfonamides is 1. The number of nitrogens with zero attached hydrogens (tertiary/aromatic N) is 2. The zero-order valence-corrected chi connectivity index (χ0v) is 19.0. The van der Waals surface area contributed by atoms with E-state index in [9.17, 15) is 22.8 Å². The Labute approximate surface area is 190 Å². The number of ketones is 1. The van der Waals surface area contributed by atoms with Crippen LogP contribution in [0.2, 0.25) is 0 Å². The molecule has 1 N–H and O–H groups in total. The first kappa shape index (κ1) is 22.5. The SMILES string of the molecule is Cc1c[nH]c(=O)n1-c1ccc(C(=O)OCC(=O)c2ccc3c(c2)CCCN3S(C)(=O)=O)cc1. The third-order valence-corrected chi connectivity index (χ3v) is 6.71. The summed E-state index contributed by atoms with van der Waals surface area (Å²) in [6.07, 6.45) is 4.08. The van der Waals surface area contributed by atoms with Crippen molar-refractivity contribution in [3.05, 3.63) is 81.5 Å². The maximum atomic E-state index is 12.6. The summed E-state index contributed by atoms with van der Waals surface area (Å²) >= 11 is 0. The van der Waals surface area contributed by atoms with Gasteiger partial charge < -0.3 is 9.72 Å². The third-order valence-electron chi connectivity index (χ3n) is 5.53. The molecule has 33 heavy (non-hydrogen) atoms. The van der Waals surface area contributed by atoms with Gasteiger partial charge in [-0.2, -0.15) is 0 Å². The number of Topliss-reactive ketones (excluding diaryl/α,β-unsaturated/α-hetero) is 1. The summed E-state index contributed by atoms with van der Waals surface area (Å²) in [6.45, 7) is 1.75. The Kier molecular flexibility index (Phi) is 5.94. The highest BCUT2D eigenvalue weighted by molar-refractivity contribution is 7.92. The number of aryl methyl sites for hydroxylation is 2. The van der Waals surface area contributed by atoms with Gasteiger partial charge in [0.1, 0.15) is 0 Å². The predicted octanol–water partition coefficient (Wildman–Crippen LogP) is 2.23. The van der Waals surface area contributed by atoms with E-state index in [-0.39, 0.29) is 17.0 Å². The molecule has 0 saturated carbocycles. The van der Waals surface area contributed by atoms with E-state index in [0.717, 1.165) is 17.5 Å². The van der Waals surface area contributed by atoms with Crippen LogP contribution >= 0.6 is 0 Å². The summed E-state index contributed by atoms with van der Waals surface area (Å²) in [5.74, 6) is -1.04. The molecule has 1 aromatic heterocycles.